The third-order valence-corrected chi connectivity index (χ3v) is 11.6. The number of rotatable bonds is 12. The number of amides is 2. The predicted octanol–water partition coefficient (Wildman–Crippen LogP) is 6.05. The molecule has 2 amide bonds. The summed E-state index contributed by atoms with van der Waals surface area (Å²) >= 11 is 0. The Morgan fingerprint density at radius 3 is 2.32 bits per heavy atom. The zero-order chi connectivity index (χ0) is 36.6. The van der Waals surface area contributed by atoms with Gasteiger partial charge in [-0.1, -0.05) is 19.6 Å². The SMILES string of the molecule is COc1cc(-c2cc(C(=O)N3C4CCC3CC(C(=O)NC3CCC(C(F)(F)F)N(CC(C)(C)F)C3)C4)nn2COCC[Si](C)(C)C)c(F)cn1. The standard InChI is InChI=1S/C34H49F5N6O4Si/c1-33(2,36)19-43-18-22(7-10-29(43)34(37,38)39)41-31(46)21-13-23-8-9-24(14-21)45(23)32(47)27-16-28(25-15-30(48-3)40-17-26(25)35)44(42-27)20-49-11-12-50(4,5)6/h15-17,21-24,29H,7-14,18-20H2,1-6H3,(H,41,46). The summed E-state index contributed by atoms with van der Waals surface area (Å²) in [5.74, 6) is -1.41. The fourth-order valence-corrected chi connectivity index (χ4v) is 8.21. The molecule has 2 aromatic rings. The summed E-state index contributed by atoms with van der Waals surface area (Å²) in [5, 5.41) is 7.52. The van der Waals surface area contributed by atoms with Crippen molar-refractivity contribution in [2.45, 2.75) is 121 Å². The van der Waals surface area contributed by atoms with Crippen LogP contribution < -0.4 is 10.1 Å². The largest absolute Gasteiger partial charge is 0.481 e. The first kappa shape index (κ1) is 38.1. The van der Waals surface area contributed by atoms with Crippen LogP contribution in [-0.2, 0) is 16.3 Å². The predicted molar refractivity (Wildman–Crippen MR) is 180 cm³/mol. The molecule has 3 aliphatic heterocycles. The van der Waals surface area contributed by atoms with E-state index in [1.54, 1.807) is 11.0 Å². The molecule has 0 aliphatic carbocycles. The van der Waals surface area contributed by atoms with Crippen LogP contribution in [0.1, 0.15) is 62.9 Å². The fraction of sp³-hybridized carbons (Fsp3) is 0.706. The average Bonchev–Trinajstić information content (AvgIpc) is 3.54. The molecule has 16 heteroatoms. The number of halogens is 5. The molecular weight excluding hydrogens is 679 g/mol. The van der Waals surface area contributed by atoms with E-state index in [-0.39, 0.29) is 67.2 Å². The van der Waals surface area contributed by atoms with Crippen molar-refractivity contribution in [1.29, 1.82) is 0 Å². The van der Waals surface area contributed by atoms with E-state index in [4.69, 9.17) is 9.47 Å². The Morgan fingerprint density at radius 2 is 1.72 bits per heavy atom. The number of alkyl halides is 4. The summed E-state index contributed by atoms with van der Waals surface area (Å²) in [7, 11) is 0.0546. The quantitative estimate of drug-likeness (QED) is 0.162. The number of hydrogen-bond acceptors (Lipinski definition) is 7. The van der Waals surface area contributed by atoms with Crippen molar-refractivity contribution in [1.82, 2.24) is 29.9 Å². The molecule has 50 heavy (non-hydrogen) atoms. The maximum absolute atomic E-state index is 15.1. The van der Waals surface area contributed by atoms with Gasteiger partial charge in [-0.05, 0) is 64.5 Å². The minimum Gasteiger partial charge on any atom is -0.481 e. The van der Waals surface area contributed by atoms with Crippen molar-refractivity contribution < 1.29 is 41.0 Å². The van der Waals surface area contributed by atoms with Crippen LogP contribution in [0.25, 0.3) is 11.3 Å². The summed E-state index contributed by atoms with van der Waals surface area (Å²) in [6.07, 6.45) is -1.34. The first-order chi connectivity index (χ1) is 23.3. The topological polar surface area (TPSA) is 102 Å². The molecule has 2 aromatic heterocycles. The lowest BCUT2D eigenvalue weighted by Gasteiger charge is -2.43. The Morgan fingerprint density at radius 1 is 1.04 bits per heavy atom. The van der Waals surface area contributed by atoms with E-state index in [0.29, 0.717) is 38.0 Å². The zero-order valence-electron chi connectivity index (χ0n) is 29.7. The van der Waals surface area contributed by atoms with Crippen LogP contribution in [0.3, 0.4) is 0 Å². The summed E-state index contributed by atoms with van der Waals surface area (Å²) in [4.78, 5) is 34.3. The molecule has 3 fully saturated rings. The maximum Gasteiger partial charge on any atom is 0.404 e. The molecule has 10 nitrogen and oxygen atoms in total. The highest BCUT2D eigenvalue weighted by molar-refractivity contribution is 6.76. The van der Waals surface area contributed by atoms with Crippen LogP contribution in [0.4, 0.5) is 22.0 Å². The molecule has 5 heterocycles. The number of fused-ring (bicyclic) bond motifs is 2. The lowest BCUT2D eigenvalue weighted by atomic mass is 9.88. The van der Waals surface area contributed by atoms with Crippen LogP contribution >= 0.6 is 0 Å². The molecule has 3 saturated heterocycles. The van der Waals surface area contributed by atoms with E-state index in [1.165, 1.54) is 31.7 Å². The number of piperidine rings is 2. The van der Waals surface area contributed by atoms with Gasteiger partial charge in [-0.2, -0.15) is 18.3 Å². The van der Waals surface area contributed by atoms with E-state index in [9.17, 15) is 27.2 Å². The van der Waals surface area contributed by atoms with Crippen LogP contribution in [0.15, 0.2) is 18.3 Å². The minimum atomic E-state index is -4.49. The molecule has 3 aliphatic rings. The fourth-order valence-electron chi connectivity index (χ4n) is 7.46. The zero-order valence-corrected chi connectivity index (χ0v) is 30.7. The second kappa shape index (κ2) is 14.9. The second-order valence-corrected chi connectivity index (χ2v) is 21.3. The van der Waals surface area contributed by atoms with Crippen LogP contribution in [0.5, 0.6) is 5.88 Å². The number of ether oxygens (including phenoxy) is 2. The lowest BCUT2D eigenvalue weighted by molar-refractivity contribution is -0.196. The highest BCUT2D eigenvalue weighted by Crippen LogP contribution is 2.41. The third kappa shape index (κ3) is 9.21. The summed E-state index contributed by atoms with van der Waals surface area (Å²) in [5.41, 5.74) is -1.20. The number of nitrogens with zero attached hydrogens (tertiary/aromatic N) is 5. The van der Waals surface area contributed by atoms with Gasteiger partial charge in [0, 0.05) is 63.4 Å². The Hall–Kier alpha value is -3.11. The number of nitrogens with one attached hydrogen (secondary N) is 1. The van der Waals surface area contributed by atoms with Gasteiger partial charge in [0.2, 0.25) is 11.8 Å². The summed E-state index contributed by atoms with van der Waals surface area (Å²) in [6, 6.07) is 1.14. The van der Waals surface area contributed by atoms with Crippen LogP contribution in [0, 0.1) is 11.7 Å². The molecule has 5 rings (SSSR count). The first-order valence-corrected chi connectivity index (χ1v) is 21.0. The first-order valence-electron chi connectivity index (χ1n) is 17.3. The minimum absolute atomic E-state index is 0.0113. The van der Waals surface area contributed by atoms with Crippen molar-refractivity contribution in [2.24, 2.45) is 5.92 Å². The molecule has 0 aromatic carbocycles. The van der Waals surface area contributed by atoms with E-state index >= 15 is 4.39 Å². The molecule has 0 radical (unpaired) electrons. The van der Waals surface area contributed by atoms with E-state index < -0.39 is 50.3 Å². The number of hydrogen-bond donors (Lipinski definition) is 1. The molecule has 0 spiro atoms. The molecule has 4 unspecified atom stereocenters. The van der Waals surface area contributed by atoms with Crippen molar-refractivity contribution in [3.63, 3.8) is 0 Å². The second-order valence-electron chi connectivity index (χ2n) is 15.7. The van der Waals surface area contributed by atoms with Gasteiger partial charge in [0.05, 0.1) is 19.0 Å². The maximum atomic E-state index is 15.1. The molecule has 0 saturated carbocycles. The van der Waals surface area contributed by atoms with Crippen LogP contribution in [0.2, 0.25) is 25.7 Å². The van der Waals surface area contributed by atoms with Gasteiger partial charge in [0.25, 0.3) is 5.91 Å². The number of likely N-dealkylation sites (tertiary alicyclic amines) is 1. The van der Waals surface area contributed by atoms with Crippen molar-refractivity contribution in [2.75, 3.05) is 26.8 Å². The number of pyridine rings is 1. The number of carbonyl (C=O) groups excluding carboxylic acids is 2. The van der Waals surface area contributed by atoms with Crippen LogP contribution in [-0.4, -0.2) is 107 Å². The number of aromatic nitrogens is 3. The highest BCUT2D eigenvalue weighted by atomic mass is 28.3. The van der Waals surface area contributed by atoms with Gasteiger partial charge in [-0.15, -0.1) is 0 Å². The Bertz CT molecular complexity index is 1510. The Labute approximate surface area is 291 Å². The number of carbonyl (C=O) groups is 2. The van der Waals surface area contributed by atoms with E-state index in [1.807, 2.05) is 0 Å². The van der Waals surface area contributed by atoms with Gasteiger partial charge in [-0.25, -0.2) is 18.4 Å². The molecule has 278 valence electrons. The van der Waals surface area contributed by atoms with Crippen molar-refractivity contribution in [3.05, 3.63) is 29.8 Å². The Balaban J connectivity index is 1.28. The normalized spacial score (nSPS) is 24.8. The van der Waals surface area contributed by atoms with Gasteiger partial charge in [0.1, 0.15) is 18.4 Å². The van der Waals surface area contributed by atoms with Gasteiger partial charge in [0.15, 0.2) is 11.5 Å². The monoisotopic (exact) mass is 728 g/mol. The average molecular weight is 729 g/mol. The van der Waals surface area contributed by atoms with Gasteiger partial charge in [-0.3, -0.25) is 14.5 Å². The van der Waals surface area contributed by atoms with Crippen molar-refractivity contribution >= 4 is 19.9 Å². The molecule has 2 bridgehead atoms. The van der Waals surface area contributed by atoms with Gasteiger partial charge >= 0.3 is 6.18 Å². The third-order valence-electron chi connectivity index (χ3n) is 9.85. The van der Waals surface area contributed by atoms with Gasteiger partial charge < -0.3 is 19.7 Å². The number of methoxy groups -OCH3 is 1. The molecule has 1 N–H and O–H groups in total. The summed E-state index contributed by atoms with van der Waals surface area (Å²) < 4.78 is 83.2. The van der Waals surface area contributed by atoms with Crippen molar-refractivity contribution in [3.8, 4) is 17.1 Å². The molecule has 4 atom stereocenters. The highest BCUT2D eigenvalue weighted by Gasteiger charge is 2.49. The Kier molecular flexibility index (Phi) is 11.3. The lowest BCUT2D eigenvalue weighted by Crippen LogP contribution is -2.59. The van der Waals surface area contributed by atoms with E-state index in [2.05, 4.69) is 35.0 Å². The molecular formula is C34H49F5N6O4Si. The summed E-state index contributed by atoms with van der Waals surface area (Å²) in [6.45, 7) is 9.22. The van der Waals surface area contributed by atoms with E-state index in [0.717, 1.165) is 17.1 Å². The smallest absolute Gasteiger partial charge is 0.404 e.